The van der Waals surface area contributed by atoms with Crippen LogP contribution in [0.1, 0.15) is 0 Å². The molecule has 0 radical (unpaired) electrons. The summed E-state index contributed by atoms with van der Waals surface area (Å²) >= 11 is 0. The van der Waals surface area contributed by atoms with Crippen molar-refractivity contribution in [1.29, 1.82) is 0 Å². The number of aromatic hydroxyl groups is 1. The van der Waals surface area contributed by atoms with Crippen molar-refractivity contribution in [1.82, 2.24) is 0 Å². The van der Waals surface area contributed by atoms with Crippen LogP contribution in [0.4, 0.5) is 11.4 Å². The second kappa shape index (κ2) is 5.41. The smallest absolute Gasteiger partial charge is 0.295 e. The molecular weight excluding hydrogens is 316 g/mol. The first-order valence-electron chi connectivity index (χ1n) is 5.70. The van der Waals surface area contributed by atoms with Gasteiger partial charge in [0.1, 0.15) is 10.6 Å². The van der Waals surface area contributed by atoms with Crippen molar-refractivity contribution < 1.29 is 23.4 Å². The van der Waals surface area contributed by atoms with E-state index in [1.54, 1.807) is 0 Å². The van der Waals surface area contributed by atoms with Crippen molar-refractivity contribution in [3.05, 3.63) is 62.7 Å². The Labute approximate surface area is 123 Å². The van der Waals surface area contributed by atoms with E-state index in [-0.39, 0.29) is 10.6 Å². The van der Waals surface area contributed by atoms with Crippen LogP contribution in [0.15, 0.2) is 52.3 Å². The van der Waals surface area contributed by atoms with E-state index in [0.717, 1.165) is 36.4 Å². The fourth-order valence-corrected chi connectivity index (χ4v) is 3.15. The van der Waals surface area contributed by atoms with Crippen LogP contribution in [0, 0.1) is 20.2 Å². The van der Waals surface area contributed by atoms with Crippen LogP contribution in [0.3, 0.4) is 0 Å². The Bertz CT molecular complexity index is 860. The lowest BCUT2D eigenvalue weighted by molar-refractivity contribution is -0.396. The zero-order chi connectivity index (χ0) is 16.5. The topological polar surface area (TPSA) is 141 Å². The first-order chi connectivity index (χ1) is 10.2. The normalized spacial score (nSPS) is 11.1. The van der Waals surface area contributed by atoms with Gasteiger partial charge in [0.15, 0.2) is 0 Å². The molecular formula is C12H8N2O7S. The highest BCUT2D eigenvalue weighted by molar-refractivity contribution is 7.91. The number of hydrogen-bond acceptors (Lipinski definition) is 7. The van der Waals surface area contributed by atoms with Gasteiger partial charge in [-0.05, 0) is 30.3 Å². The van der Waals surface area contributed by atoms with Gasteiger partial charge in [-0.25, -0.2) is 8.42 Å². The third-order valence-electron chi connectivity index (χ3n) is 2.79. The van der Waals surface area contributed by atoms with Gasteiger partial charge in [0.2, 0.25) is 9.84 Å². The molecule has 0 aliphatic heterocycles. The quantitative estimate of drug-likeness (QED) is 0.670. The fourth-order valence-electron chi connectivity index (χ4n) is 1.74. The van der Waals surface area contributed by atoms with Gasteiger partial charge in [0.05, 0.1) is 20.8 Å². The summed E-state index contributed by atoms with van der Waals surface area (Å²) in [5, 5.41) is 30.8. The number of rotatable bonds is 4. The summed E-state index contributed by atoms with van der Waals surface area (Å²) in [6.45, 7) is 0. The number of non-ortho nitro benzene ring substituents is 1. The van der Waals surface area contributed by atoms with Gasteiger partial charge in [0, 0.05) is 6.07 Å². The lowest BCUT2D eigenvalue weighted by atomic mass is 10.3. The Balaban J connectivity index is 2.67. The predicted octanol–water partition coefficient (Wildman–Crippen LogP) is 2.04. The molecule has 114 valence electrons. The van der Waals surface area contributed by atoms with Crippen LogP contribution in [-0.2, 0) is 9.84 Å². The van der Waals surface area contributed by atoms with E-state index in [2.05, 4.69) is 0 Å². The second-order valence-electron chi connectivity index (χ2n) is 4.16. The van der Waals surface area contributed by atoms with Crippen LogP contribution in [0.2, 0.25) is 0 Å². The minimum atomic E-state index is -4.25. The number of phenolic OH excluding ortho intramolecular Hbond substituents is 1. The Kier molecular flexibility index (Phi) is 3.78. The average molecular weight is 324 g/mol. The van der Waals surface area contributed by atoms with Gasteiger partial charge in [-0.3, -0.25) is 20.2 Å². The van der Waals surface area contributed by atoms with Gasteiger partial charge in [0.25, 0.3) is 11.4 Å². The molecule has 0 unspecified atom stereocenters. The standard InChI is InChI=1S/C12H8N2O7S/c15-9-2-4-10(5-3-9)22(20,21)12-6-1-8(13(16)17)7-11(12)14(18)19/h1-7,15H. The summed E-state index contributed by atoms with van der Waals surface area (Å²) in [5.74, 6) is -0.169. The monoisotopic (exact) mass is 324 g/mol. The molecule has 2 aromatic carbocycles. The van der Waals surface area contributed by atoms with Crippen molar-refractivity contribution >= 4 is 21.2 Å². The molecule has 22 heavy (non-hydrogen) atoms. The molecule has 0 atom stereocenters. The molecule has 0 saturated carbocycles. The molecule has 0 aliphatic carbocycles. The summed E-state index contributed by atoms with van der Waals surface area (Å²) in [4.78, 5) is 18.9. The number of nitro benzene ring substituents is 2. The minimum Gasteiger partial charge on any atom is -0.508 e. The van der Waals surface area contributed by atoms with E-state index >= 15 is 0 Å². The summed E-state index contributed by atoms with van der Waals surface area (Å²) < 4.78 is 24.8. The zero-order valence-corrected chi connectivity index (χ0v) is 11.6. The molecule has 10 heteroatoms. The number of sulfone groups is 1. The van der Waals surface area contributed by atoms with Crippen LogP contribution in [0.5, 0.6) is 5.75 Å². The zero-order valence-electron chi connectivity index (χ0n) is 10.7. The maximum atomic E-state index is 12.4. The maximum absolute atomic E-state index is 12.4. The van der Waals surface area contributed by atoms with E-state index in [1.165, 1.54) is 0 Å². The van der Waals surface area contributed by atoms with Gasteiger partial charge in [-0.15, -0.1) is 0 Å². The van der Waals surface area contributed by atoms with Crippen LogP contribution >= 0.6 is 0 Å². The molecule has 9 nitrogen and oxygen atoms in total. The molecule has 2 aromatic rings. The predicted molar refractivity (Wildman–Crippen MR) is 73.3 cm³/mol. The minimum absolute atomic E-state index is 0.169. The highest BCUT2D eigenvalue weighted by Crippen LogP contribution is 2.32. The fraction of sp³-hybridized carbons (Fsp3) is 0. The molecule has 0 bridgehead atoms. The maximum Gasteiger partial charge on any atom is 0.295 e. The number of phenols is 1. The van der Waals surface area contributed by atoms with Gasteiger partial charge >= 0.3 is 0 Å². The van der Waals surface area contributed by atoms with E-state index < -0.39 is 36.0 Å². The molecule has 2 rings (SSSR count). The Morgan fingerprint density at radius 1 is 0.909 bits per heavy atom. The van der Waals surface area contributed by atoms with Crippen molar-refractivity contribution in [2.75, 3.05) is 0 Å². The lowest BCUT2D eigenvalue weighted by Crippen LogP contribution is -2.06. The molecule has 0 aromatic heterocycles. The summed E-state index contributed by atoms with van der Waals surface area (Å²) in [7, 11) is -4.25. The van der Waals surface area contributed by atoms with E-state index in [1.807, 2.05) is 0 Å². The molecule has 0 spiro atoms. The Morgan fingerprint density at radius 2 is 1.50 bits per heavy atom. The Morgan fingerprint density at radius 3 is 2.00 bits per heavy atom. The highest BCUT2D eigenvalue weighted by Gasteiger charge is 2.29. The van der Waals surface area contributed by atoms with Gasteiger partial charge < -0.3 is 5.11 Å². The van der Waals surface area contributed by atoms with Crippen molar-refractivity contribution in [2.24, 2.45) is 0 Å². The van der Waals surface area contributed by atoms with Crippen LogP contribution < -0.4 is 0 Å². The molecule has 1 N–H and O–H groups in total. The molecule has 0 fully saturated rings. The molecule has 0 amide bonds. The molecule has 0 saturated heterocycles. The van der Waals surface area contributed by atoms with E-state index in [4.69, 9.17) is 5.11 Å². The first-order valence-corrected chi connectivity index (χ1v) is 7.19. The van der Waals surface area contributed by atoms with Crippen molar-refractivity contribution in [3.8, 4) is 5.75 Å². The number of nitrogens with zero attached hydrogens (tertiary/aromatic N) is 2. The van der Waals surface area contributed by atoms with Gasteiger partial charge in [-0.1, -0.05) is 0 Å². The third kappa shape index (κ3) is 2.72. The van der Waals surface area contributed by atoms with E-state index in [9.17, 15) is 28.6 Å². The highest BCUT2D eigenvalue weighted by atomic mass is 32.2. The van der Waals surface area contributed by atoms with Crippen LogP contribution in [0.25, 0.3) is 0 Å². The van der Waals surface area contributed by atoms with Crippen molar-refractivity contribution in [2.45, 2.75) is 9.79 Å². The van der Waals surface area contributed by atoms with Crippen molar-refractivity contribution in [3.63, 3.8) is 0 Å². The summed E-state index contributed by atoms with van der Waals surface area (Å²) in [5.41, 5.74) is -1.47. The first kappa shape index (κ1) is 15.4. The number of hydrogen-bond donors (Lipinski definition) is 1. The average Bonchev–Trinajstić information content (AvgIpc) is 2.46. The molecule has 0 aliphatic rings. The largest absolute Gasteiger partial charge is 0.508 e. The molecule has 0 heterocycles. The van der Waals surface area contributed by atoms with Crippen LogP contribution in [-0.4, -0.2) is 23.4 Å². The third-order valence-corrected chi connectivity index (χ3v) is 4.60. The number of nitro groups is 2. The Hall–Kier alpha value is -3.01. The van der Waals surface area contributed by atoms with E-state index in [0.29, 0.717) is 6.07 Å². The summed E-state index contributed by atoms with van der Waals surface area (Å²) in [6.07, 6.45) is 0. The lowest BCUT2D eigenvalue weighted by Gasteiger charge is -2.05. The SMILES string of the molecule is O=[N+]([O-])c1ccc(S(=O)(=O)c2ccc(O)cc2)c([N+](=O)[O-])c1. The number of benzene rings is 2. The second-order valence-corrected chi connectivity index (χ2v) is 6.08. The van der Waals surface area contributed by atoms with Gasteiger partial charge in [-0.2, -0.15) is 0 Å². The summed E-state index contributed by atoms with van der Waals surface area (Å²) in [6, 6.07) is 6.67.